The second-order valence-corrected chi connectivity index (χ2v) is 11.2. The third-order valence-electron chi connectivity index (χ3n) is 5.95. The maximum atomic E-state index is 12.1. The van der Waals surface area contributed by atoms with E-state index in [-0.39, 0.29) is 12.3 Å². The molecule has 0 unspecified atom stereocenters. The van der Waals surface area contributed by atoms with E-state index in [9.17, 15) is 9.59 Å². The Bertz CT molecular complexity index is 1280. The molecule has 5 rings (SSSR count). The van der Waals surface area contributed by atoms with Gasteiger partial charge in [-0.25, -0.2) is 0 Å². The van der Waals surface area contributed by atoms with E-state index in [1.54, 1.807) is 11.3 Å². The van der Waals surface area contributed by atoms with E-state index in [0.29, 0.717) is 13.0 Å². The van der Waals surface area contributed by atoms with E-state index in [4.69, 9.17) is 9.84 Å². The Kier molecular flexibility index (Phi) is 10.6. The number of ether oxygens (including phenoxy) is 1. The van der Waals surface area contributed by atoms with E-state index in [1.807, 2.05) is 60.7 Å². The van der Waals surface area contributed by atoms with Crippen LogP contribution in [0.5, 0.6) is 0 Å². The zero-order valence-electron chi connectivity index (χ0n) is 21.2. The molecule has 8 heteroatoms. The number of nitrogens with one attached hydrogen (secondary N) is 1. The van der Waals surface area contributed by atoms with Gasteiger partial charge in [-0.1, -0.05) is 60.7 Å². The summed E-state index contributed by atoms with van der Waals surface area (Å²) in [6.45, 7) is 5.11. The van der Waals surface area contributed by atoms with E-state index in [2.05, 4.69) is 34.5 Å². The number of morpholine rings is 1. The molecule has 0 atom stereocenters. The van der Waals surface area contributed by atoms with Gasteiger partial charge in [-0.2, -0.15) is 0 Å². The number of carbonyl (C=O) groups is 2. The summed E-state index contributed by atoms with van der Waals surface area (Å²) in [5.74, 6) is -0.684. The molecule has 0 spiro atoms. The summed E-state index contributed by atoms with van der Waals surface area (Å²) in [5, 5.41) is 11.7. The van der Waals surface area contributed by atoms with Gasteiger partial charge in [0.1, 0.15) is 0 Å². The zero-order valence-corrected chi connectivity index (χ0v) is 22.8. The molecule has 2 aromatic heterocycles. The summed E-state index contributed by atoms with van der Waals surface area (Å²) in [6, 6.07) is 28.2. The van der Waals surface area contributed by atoms with Gasteiger partial charge < -0.3 is 15.2 Å². The molecule has 1 aliphatic heterocycles. The molecule has 2 N–H and O–H groups in total. The van der Waals surface area contributed by atoms with Crippen LogP contribution in [0.4, 0.5) is 0 Å². The van der Waals surface area contributed by atoms with Gasteiger partial charge in [-0.3, -0.25) is 14.5 Å². The van der Waals surface area contributed by atoms with Crippen LogP contribution in [0.1, 0.15) is 9.75 Å². The number of carboxylic acids is 1. The standard InChI is InChI=1S/C18H22N2O2S.C12H10O2S/c21-18(19-8-9-20-10-12-22-13-11-20)14-16-6-7-17(23-16)15-4-2-1-3-5-15;13-12(14)8-10-6-7-11(15-10)9-4-2-1-3-5-9/h1-7H,8-14H2,(H,19,21);1-7H,8H2,(H,13,14). The molecule has 0 saturated carbocycles. The van der Waals surface area contributed by atoms with Gasteiger partial charge in [-0.05, 0) is 35.4 Å². The number of rotatable bonds is 9. The molecule has 6 nitrogen and oxygen atoms in total. The zero-order chi connectivity index (χ0) is 26.6. The predicted molar refractivity (Wildman–Crippen MR) is 155 cm³/mol. The van der Waals surface area contributed by atoms with Crippen molar-refractivity contribution in [3.05, 3.63) is 94.7 Å². The van der Waals surface area contributed by atoms with Crippen LogP contribution in [0.3, 0.4) is 0 Å². The largest absolute Gasteiger partial charge is 0.481 e. The number of hydrogen-bond acceptors (Lipinski definition) is 6. The fourth-order valence-electron chi connectivity index (χ4n) is 4.01. The Labute approximate surface area is 231 Å². The third kappa shape index (κ3) is 8.92. The molecule has 1 fully saturated rings. The highest BCUT2D eigenvalue weighted by Crippen LogP contribution is 2.29. The van der Waals surface area contributed by atoms with Crippen molar-refractivity contribution in [3.8, 4) is 20.9 Å². The lowest BCUT2D eigenvalue weighted by Crippen LogP contribution is -2.41. The average Bonchev–Trinajstić information content (AvgIpc) is 3.60. The SMILES string of the molecule is O=C(Cc1ccc(-c2ccccc2)s1)NCCN1CCOCC1.O=C(O)Cc1ccc(-c2ccccc2)s1. The van der Waals surface area contributed by atoms with Crippen LogP contribution in [-0.2, 0) is 27.2 Å². The lowest BCUT2D eigenvalue weighted by molar-refractivity contribution is -0.136. The number of thiophene rings is 2. The van der Waals surface area contributed by atoms with E-state index < -0.39 is 5.97 Å². The van der Waals surface area contributed by atoms with Crippen molar-refractivity contribution in [3.63, 3.8) is 0 Å². The van der Waals surface area contributed by atoms with Gasteiger partial charge in [-0.15, -0.1) is 22.7 Å². The molecule has 1 saturated heterocycles. The molecule has 1 amide bonds. The van der Waals surface area contributed by atoms with Crippen LogP contribution in [0.25, 0.3) is 20.9 Å². The van der Waals surface area contributed by atoms with E-state index >= 15 is 0 Å². The first-order valence-corrected chi connectivity index (χ1v) is 14.3. The van der Waals surface area contributed by atoms with Gasteiger partial charge in [0.05, 0.1) is 26.1 Å². The number of carbonyl (C=O) groups excluding carboxylic acids is 1. The molecular weight excluding hydrogens is 516 g/mol. The van der Waals surface area contributed by atoms with Crippen molar-refractivity contribution in [2.75, 3.05) is 39.4 Å². The van der Waals surface area contributed by atoms with Crippen molar-refractivity contribution < 1.29 is 19.4 Å². The van der Waals surface area contributed by atoms with Gasteiger partial charge in [0.15, 0.2) is 0 Å². The van der Waals surface area contributed by atoms with Crippen molar-refractivity contribution >= 4 is 34.6 Å². The molecule has 3 heterocycles. The fourth-order valence-corrected chi connectivity index (χ4v) is 6.03. The molecule has 2 aromatic carbocycles. The summed E-state index contributed by atoms with van der Waals surface area (Å²) in [5.41, 5.74) is 2.34. The first kappa shape index (κ1) is 27.7. The summed E-state index contributed by atoms with van der Waals surface area (Å²) in [4.78, 5) is 29.2. The Morgan fingerprint density at radius 3 is 1.82 bits per heavy atom. The topological polar surface area (TPSA) is 78.9 Å². The van der Waals surface area contributed by atoms with Crippen molar-refractivity contribution in [2.45, 2.75) is 12.8 Å². The number of hydrogen-bond donors (Lipinski definition) is 2. The highest BCUT2D eigenvalue weighted by Gasteiger charge is 2.11. The molecular formula is C30H32N2O4S2. The van der Waals surface area contributed by atoms with Gasteiger partial charge >= 0.3 is 5.97 Å². The number of nitrogens with zero attached hydrogens (tertiary/aromatic N) is 1. The maximum absolute atomic E-state index is 12.1. The second-order valence-electron chi connectivity index (χ2n) is 8.82. The molecule has 198 valence electrons. The molecule has 1 aliphatic rings. The second kappa shape index (κ2) is 14.6. The first-order chi connectivity index (χ1) is 18.6. The first-order valence-electron chi connectivity index (χ1n) is 12.6. The number of amides is 1. The van der Waals surface area contributed by atoms with E-state index in [0.717, 1.165) is 53.0 Å². The third-order valence-corrected chi connectivity index (χ3v) is 8.22. The minimum Gasteiger partial charge on any atom is -0.481 e. The average molecular weight is 549 g/mol. The van der Waals surface area contributed by atoms with Gasteiger partial charge in [0.25, 0.3) is 0 Å². The minimum atomic E-state index is -0.781. The lowest BCUT2D eigenvalue weighted by Gasteiger charge is -2.26. The monoisotopic (exact) mass is 548 g/mol. The summed E-state index contributed by atoms with van der Waals surface area (Å²) >= 11 is 3.22. The van der Waals surface area contributed by atoms with Crippen LogP contribution < -0.4 is 5.32 Å². The molecule has 0 radical (unpaired) electrons. The minimum absolute atomic E-state index is 0.0970. The summed E-state index contributed by atoms with van der Waals surface area (Å²) in [6.07, 6.45) is 0.568. The van der Waals surface area contributed by atoms with Crippen LogP contribution in [-0.4, -0.2) is 61.3 Å². The van der Waals surface area contributed by atoms with Gasteiger partial charge in [0.2, 0.25) is 5.91 Å². The van der Waals surface area contributed by atoms with Crippen molar-refractivity contribution in [1.82, 2.24) is 10.2 Å². The Morgan fingerprint density at radius 1 is 0.763 bits per heavy atom. The smallest absolute Gasteiger partial charge is 0.308 e. The lowest BCUT2D eigenvalue weighted by atomic mass is 10.2. The van der Waals surface area contributed by atoms with Crippen LogP contribution in [0.2, 0.25) is 0 Å². The normalized spacial score (nSPS) is 13.4. The van der Waals surface area contributed by atoms with Gasteiger partial charge in [0, 0.05) is 45.7 Å². The molecule has 4 aromatic rings. The molecule has 38 heavy (non-hydrogen) atoms. The van der Waals surface area contributed by atoms with Crippen LogP contribution in [0, 0.1) is 0 Å². The highest BCUT2D eigenvalue weighted by atomic mass is 32.1. The summed E-state index contributed by atoms with van der Waals surface area (Å²) in [7, 11) is 0. The maximum Gasteiger partial charge on any atom is 0.308 e. The van der Waals surface area contributed by atoms with Crippen LogP contribution >= 0.6 is 22.7 Å². The van der Waals surface area contributed by atoms with E-state index in [1.165, 1.54) is 21.8 Å². The Hall–Kier alpha value is -3.30. The Morgan fingerprint density at radius 2 is 1.29 bits per heavy atom. The Balaban J connectivity index is 0.000000194. The van der Waals surface area contributed by atoms with Crippen molar-refractivity contribution in [2.24, 2.45) is 0 Å². The predicted octanol–water partition coefficient (Wildman–Crippen LogP) is 5.45. The molecule has 0 aliphatic carbocycles. The van der Waals surface area contributed by atoms with Crippen molar-refractivity contribution in [1.29, 1.82) is 0 Å². The quantitative estimate of drug-likeness (QED) is 0.291. The number of carboxylic acid groups (broad SMARTS) is 1. The molecule has 0 bridgehead atoms. The number of aliphatic carboxylic acids is 1. The summed E-state index contributed by atoms with van der Waals surface area (Å²) < 4.78 is 5.32. The van der Waals surface area contributed by atoms with Crippen LogP contribution in [0.15, 0.2) is 84.9 Å². The highest BCUT2D eigenvalue weighted by molar-refractivity contribution is 7.15. The fraction of sp³-hybridized carbons (Fsp3) is 0.267. The number of benzene rings is 2.